The van der Waals surface area contributed by atoms with Gasteiger partial charge in [-0.3, -0.25) is 27.8 Å². The number of sulfonamides is 1. The minimum absolute atomic E-state index is 0.00472. The Bertz CT molecular complexity index is 4790. The second kappa shape index (κ2) is 29.6. The Morgan fingerprint density at radius 2 is 1.42 bits per heavy atom. The summed E-state index contributed by atoms with van der Waals surface area (Å²) in [5.74, 6) is -1.53. The summed E-state index contributed by atoms with van der Waals surface area (Å²) in [4.78, 5) is 39.2. The minimum Gasteiger partial charge on any atom is -0.481 e. The molecule has 0 saturated carbocycles. The molecule has 9 rings (SSSR count). The monoisotopic (exact) mass is 1430 g/mol. The molecule has 6 aromatic rings. The molecular weight excluding hydrogens is 1350 g/mol. The number of aromatic nitrogens is 3. The lowest BCUT2D eigenvalue weighted by Gasteiger charge is -2.27. The zero-order chi connectivity index (χ0) is 70.6. The van der Waals surface area contributed by atoms with Gasteiger partial charge in [0.25, 0.3) is 40.5 Å². The van der Waals surface area contributed by atoms with Crippen LogP contribution in [0, 0.1) is 6.92 Å². The summed E-state index contributed by atoms with van der Waals surface area (Å²) in [5.41, 5.74) is 4.94. The number of nitrogens with zero attached hydrogens (tertiary/aromatic N) is 6. The molecule has 0 fully saturated rings. The Balaban J connectivity index is 0.896. The highest BCUT2D eigenvalue weighted by molar-refractivity contribution is 7.89. The maximum atomic E-state index is 14.6. The molecule has 30 heteroatoms. The van der Waals surface area contributed by atoms with Crippen LogP contribution in [0.1, 0.15) is 144 Å². The fourth-order valence-electron chi connectivity index (χ4n) is 13.5. The molecule has 97 heavy (non-hydrogen) atoms. The maximum absolute atomic E-state index is 14.6. The molecule has 7 N–H and O–H groups in total. The van der Waals surface area contributed by atoms with Crippen molar-refractivity contribution in [2.45, 2.75) is 156 Å². The molecule has 0 spiro atoms. The topological polar surface area (TPSA) is 378 Å². The van der Waals surface area contributed by atoms with Gasteiger partial charge in [0.2, 0.25) is 21.6 Å². The van der Waals surface area contributed by atoms with E-state index < -0.39 is 94.5 Å². The number of aryl methyl sites for hydroxylation is 3. The first-order valence-electron chi connectivity index (χ1n) is 32.0. The van der Waals surface area contributed by atoms with Gasteiger partial charge >= 0.3 is 5.97 Å². The van der Waals surface area contributed by atoms with Crippen LogP contribution in [0.2, 0.25) is 0 Å². The molecule has 2 aromatic heterocycles. The van der Waals surface area contributed by atoms with Gasteiger partial charge in [0, 0.05) is 115 Å². The number of rotatable bonds is 31. The van der Waals surface area contributed by atoms with Gasteiger partial charge < -0.3 is 20.6 Å². The number of fused-ring (bicyclic) bond motifs is 7. The van der Waals surface area contributed by atoms with Crippen molar-refractivity contribution in [1.82, 2.24) is 24.6 Å². The normalized spacial score (nSPS) is 16.4. The van der Waals surface area contributed by atoms with Crippen molar-refractivity contribution >= 4 is 107 Å². The molecule has 1 atom stereocenters. The molecule has 522 valence electrons. The minimum atomic E-state index is -5.05. The van der Waals surface area contributed by atoms with Crippen molar-refractivity contribution in [3.8, 4) is 0 Å². The lowest BCUT2D eigenvalue weighted by atomic mass is 9.79. The number of nitrogens with one attached hydrogen (secondary N) is 2. The smallest absolute Gasteiger partial charge is 0.311 e. The summed E-state index contributed by atoms with van der Waals surface area (Å²) in [6, 6.07) is 15.2. The molecule has 3 aliphatic rings. The highest BCUT2D eigenvalue weighted by Gasteiger charge is 2.47. The van der Waals surface area contributed by atoms with E-state index in [0.717, 1.165) is 85.8 Å². The van der Waals surface area contributed by atoms with Crippen LogP contribution in [0.5, 0.6) is 0 Å². The number of amides is 1. The Morgan fingerprint density at radius 3 is 2.11 bits per heavy atom. The summed E-state index contributed by atoms with van der Waals surface area (Å²) in [6.07, 6.45) is 19.3. The number of anilines is 2. The van der Waals surface area contributed by atoms with Crippen molar-refractivity contribution in [1.29, 1.82) is 0 Å². The van der Waals surface area contributed by atoms with Crippen LogP contribution in [-0.2, 0) is 90.3 Å². The molecule has 5 heterocycles. The molecule has 0 radical (unpaired) electrons. The largest absolute Gasteiger partial charge is 0.481 e. The van der Waals surface area contributed by atoms with E-state index in [2.05, 4.69) is 26.7 Å². The second-order valence-corrected chi connectivity index (χ2v) is 33.8. The quantitative estimate of drug-likeness (QED) is 0.00921. The Morgan fingerprint density at radius 1 is 0.742 bits per heavy atom. The number of hydrogen-bond acceptors (Lipinski definition) is 17. The van der Waals surface area contributed by atoms with Crippen LogP contribution in [0.25, 0.3) is 21.5 Å². The molecule has 4 aromatic carbocycles. The van der Waals surface area contributed by atoms with Gasteiger partial charge in [-0.15, -0.1) is 0 Å². The molecule has 0 unspecified atom stereocenters. The number of pyridine rings is 1. The number of benzene rings is 4. The molecule has 3 aliphatic heterocycles. The van der Waals surface area contributed by atoms with Crippen molar-refractivity contribution in [3.05, 3.63) is 148 Å². The number of carboxylic acids is 1. The van der Waals surface area contributed by atoms with Crippen molar-refractivity contribution in [2.24, 2.45) is 0 Å². The standard InChI is InChI=1S/C67H82N8O17S5/c1-44-69-42-47(43-70-44)49(65(77)78)21-11-8-7-9-12-23-54-46(38-45-20-16-32-68-64(45)72-54)41-71-61(76)27-17-33-73(6)95(85,86)57-24-15-22-52-50(57)28-30-55-62(52)66(2,3)59(74(55)34-18-36-93(79,80)81)25-13-10-14-26-60-67(4,5)63-53-39-48(96(87,88)89)40-58(97(90,91)92)51(53)29-31-56(63)75(60)35-19-37-94(82,83)84/h10,13-15,22,24-26,28-31,38-40,42-43,49H,7-9,11-12,16-21,23,27,32-37,41H2,1-6H3,(H6-,68,71,72,76,77,78,79,80,81,82,83,84,87,88,89,90,91,92)/p+1/t49-/m1/s1. The van der Waals surface area contributed by atoms with Gasteiger partial charge in [0.05, 0.1) is 32.6 Å². The Hall–Kier alpha value is -7.39. The highest BCUT2D eigenvalue weighted by Crippen LogP contribution is 2.52. The first-order valence-corrected chi connectivity index (χ1v) is 39.5. The summed E-state index contributed by atoms with van der Waals surface area (Å²) >= 11 is 0. The number of carbonyl (C=O) groups excluding carboxylic acids is 1. The lowest BCUT2D eigenvalue weighted by Crippen LogP contribution is -2.30. The first-order chi connectivity index (χ1) is 45.5. The first kappa shape index (κ1) is 73.8. The van der Waals surface area contributed by atoms with E-state index in [0.29, 0.717) is 69.4 Å². The van der Waals surface area contributed by atoms with E-state index >= 15 is 0 Å². The van der Waals surface area contributed by atoms with Gasteiger partial charge in [-0.1, -0.05) is 76.0 Å². The SMILES string of the molecule is Cc1ncc([C@@H](CCCCCCCc2nc3c(cc2CNC(=O)CCCN(C)S(=O)(=O)c2cccc4c5c(ccc24)N(CCCS(=O)(=O)O)/C(=C/C=C/C=C/C2=[N+](CCCS(=O)(=O)O)c4ccc6c(S(=O)(=O)O)cc(S(=O)(=O)O)cc6c4C2(C)C)C5(C)C)CCCN3)C(=O)O)cn1. The van der Waals surface area contributed by atoms with Crippen LogP contribution in [0.15, 0.2) is 124 Å². The molecular formula is C67H83N8O17S5+. The van der Waals surface area contributed by atoms with Crippen LogP contribution in [-0.4, -0.2) is 152 Å². The predicted octanol–water partition coefficient (Wildman–Crippen LogP) is 9.53. The fourth-order valence-corrected chi connectivity index (χ4v) is 17.3. The zero-order valence-electron chi connectivity index (χ0n) is 54.9. The molecule has 0 saturated heterocycles. The molecule has 1 amide bonds. The Labute approximate surface area is 567 Å². The molecule has 0 bridgehead atoms. The van der Waals surface area contributed by atoms with Crippen molar-refractivity contribution in [2.75, 3.05) is 54.9 Å². The summed E-state index contributed by atoms with van der Waals surface area (Å²) in [6.45, 7) is 10.4. The third-order valence-corrected chi connectivity index (χ3v) is 23.5. The summed E-state index contributed by atoms with van der Waals surface area (Å²) < 4.78 is 170. The average molecular weight is 1430 g/mol. The van der Waals surface area contributed by atoms with Crippen molar-refractivity contribution < 1.29 is 79.6 Å². The van der Waals surface area contributed by atoms with Gasteiger partial charge in [-0.05, 0) is 136 Å². The Kier molecular flexibility index (Phi) is 22.5. The van der Waals surface area contributed by atoms with Gasteiger partial charge in [-0.2, -0.15) is 38.2 Å². The van der Waals surface area contributed by atoms with Crippen LogP contribution in [0.4, 0.5) is 17.2 Å². The second-order valence-electron chi connectivity index (χ2n) is 25.9. The van der Waals surface area contributed by atoms with E-state index in [1.54, 1.807) is 86.3 Å². The number of aliphatic carboxylic acids is 1. The third-order valence-electron chi connectivity index (χ3n) is 18.3. The maximum Gasteiger partial charge on any atom is 0.311 e. The lowest BCUT2D eigenvalue weighted by molar-refractivity contribution is -0.437. The number of hydrogen-bond donors (Lipinski definition) is 7. The van der Waals surface area contributed by atoms with Crippen LogP contribution in [0.3, 0.4) is 0 Å². The number of allylic oxidation sites excluding steroid dienone is 6. The zero-order valence-corrected chi connectivity index (χ0v) is 59.0. The number of unbranched alkanes of at least 4 members (excludes halogenated alkanes) is 4. The van der Waals surface area contributed by atoms with Crippen LogP contribution >= 0.6 is 0 Å². The summed E-state index contributed by atoms with van der Waals surface area (Å²) in [5, 5.41) is 17.3. The van der Waals surface area contributed by atoms with E-state index in [4.69, 9.17) is 4.98 Å². The van der Waals surface area contributed by atoms with E-state index in [1.165, 1.54) is 23.5 Å². The molecule has 0 aliphatic carbocycles. The molecule has 25 nitrogen and oxygen atoms in total. The fraction of sp³-hybridized carbons (Fsp3) is 0.433. The average Bonchev–Trinajstić information content (AvgIpc) is 1.59. The van der Waals surface area contributed by atoms with Crippen molar-refractivity contribution in [3.63, 3.8) is 0 Å². The van der Waals surface area contributed by atoms with Gasteiger partial charge in [0.1, 0.15) is 23.1 Å². The predicted molar refractivity (Wildman–Crippen MR) is 370 cm³/mol. The third kappa shape index (κ3) is 17.2. The van der Waals surface area contributed by atoms with E-state index in [-0.39, 0.29) is 73.4 Å². The number of carbonyl (C=O) groups is 2. The number of carboxylic acid groups (broad SMARTS) is 1. The van der Waals surface area contributed by atoms with Gasteiger partial charge in [-0.25, -0.2) is 27.7 Å². The summed E-state index contributed by atoms with van der Waals surface area (Å²) in [7, 11) is -21.5. The van der Waals surface area contributed by atoms with Crippen LogP contribution < -0.4 is 15.5 Å². The highest BCUT2D eigenvalue weighted by atomic mass is 32.2. The van der Waals surface area contributed by atoms with E-state index in [9.17, 15) is 75.0 Å². The van der Waals surface area contributed by atoms with Gasteiger partial charge in [0.15, 0.2) is 5.71 Å². The van der Waals surface area contributed by atoms with E-state index in [1.807, 2.05) is 30.9 Å².